The van der Waals surface area contributed by atoms with Gasteiger partial charge in [0.05, 0.1) is 10.7 Å². The molecule has 1 aromatic carbocycles. The fourth-order valence-electron chi connectivity index (χ4n) is 2.37. The second-order valence-electron chi connectivity index (χ2n) is 5.30. The molecule has 1 aromatic heterocycles. The monoisotopic (exact) mass is 353 g/mol. The number of sulfonamides is 1. The summed E-state index contributed by atoms with van der Waals surface area (Å²) < 4.78 is 26.9. The first kappa shape index (κ1) is 17.9. The lowest BCUT2D eigenvalue weighted by molar-refractivity contribution is -0.384. The third kappa shape index (κ3) is 4.09. The van der Waals surface area contributed by atoms with Gasteiger partial charge in [-0.2, -0.15) is 5.10 Å². The number of anilines is 1. The maximum atomic E-state index is 11.6. The highest BCUT2D eigenvalue weighted by Crippen LogP contribution is 2.27. The van der Waals surface area contributed by atoms with E-state index in [-0.39, 0.29) is 11.4 Å². The minimum absolute atomic E-state index is 0.0635. The minimum Gasteiger partial charge on any atom is -0.360 e. The third-order valence-corrected chi connectivity index (χ3v) is 4.83. The van der Waals surface area contributed by atoms with Crippen LogP contribution in [0.15, 0.2) is 24.3 Å². The van der Waals surface area contributed by atoms with Crippen LogP contribution in [-0.4, -0.2) is 30.2 Å². The molecule has 0 saturated heterocycles. The SMILES string of the molecule is CNS(=O)(=O)Cc1cccc(CNc2c([N+](=O)[O-])c(C)nn2C)c1. The summed E-state index contributed by atoms with van der Waals surface area (Å²) in [7, 11) is -0.363. The standard InChI is InChI=1S/C14H19N5O4S/c1-10-13(19(20)21)14(18(3)17-10)16-8-11-5-4-6-12(7-11)9-24(22,23)15-2/h4-7,15-16H,8-9H2,1-3H3. The topological polar surface area (TPSA) is 119 Å². The Morgan fingerprint density at radius 1 is 1.33 bits per heavy atom. The second-order valence-corrected chi connectivity index (χ2v) is 7.23. The highest BCUT2D eigenvalue weighted by molar-refractivity contribution is 7.88. The molecule has 10 heteroatoms. The number of aryl methyl sites for hydroxylation is 2. The van der Waals surface area contributed by atoms with E-state index in [9.17, 15) is 18.5 Å². The normalized spacial score (nSPS) is 11.5. The largest absolute Gasteiger partial charge is 0.360 e. The fraction of sp³-hybridized carbons (Fsp3) is 0.357. The molecule has 0 bridgehead atoms. The van der Waals surface area contributed by atoms with Crippen LogP contribution in [0.25, 0.3) is 0 Å². The molecule has 1 heterocycles. The van der Waals surface area contributed by atoms with E-state index in [4.69, 9.17) is 0 Å². The van der Waals surface area contributed by atoms with Crippen molar-refractivity contribution in [3.63, 3.8) is 0 Å². The average Bonchev–Trinajstić information content (AvgIpc) is 2.79. The summed E-state index contributed by atoms with van der Waals surface area (Å²) in [5, 5.41) is 18.2. The van der Waals surface area contributed by atoms with Crippen LogP contribution in [0.3, 0.4) is 0 Å². The first-order valence-electron chi connectivity index (χ1n) is 7.14. The molecule has 0 aliphatic heterocycles. The van der Waals surface area contributed by atoms with Gasteiger partial charge in [-0.25, -0.2) is 17.8 Å². The molecule has 0 aliphatic carbocycles. The fourth-order valence-corrected chi connectivity index (χ4v) is 3.13. The number of hydrogen-bond acceptors (Lipinski definition) is 6. The van der Waals surface area contributed by atoms with Crippen molar-refractivity contribution in [1.82, 2.24) is 14.5 Å². The Balaban J connectivity index is 2.18. The summed E-state index contributed by atoms with van der Waals surface area (Å²) in [6.45, 7) is 1.89. The van der Waals surface area contributed by atoms with Crippen molar-refractivity contribution in [2.24, 2.45) is 7.05 Å². The Hall–Kier alpha value is -2.46. The van der Waals surface area contributed by atoms with E-state index < -0.39 is 14.9 Å². The van der Waals surface area contributed by atoms with Crippen LogP contribution in [-0.2, 0) is 29.4 Å². The molecule has 0 amide bonds. The summed E-state index contributed by atoms with van der Waals surface area (Å²) in [5.74, 6) is 0.188. The number of nitro groups is 1. The average molecular weight is 353 g/mol. The maximum Gasteiger partial charge on any atom is 0.333 e. The Morgan fingerprint density at radius 3 is 2.62 bits per heavy atom. The zero-order valence-electron chi connectivity index (χ0n) is 13.6. The van der Waals surface area contributed by atoms with Crippen molar-refractivity contribution in [1.29, 1.82) is 0 Å². The Labute approximate surface area is 139 Å². The molecule has 0 radical (unpaired) electrons. The smallest absolute Gasteiger partial charge is 0.333 e. The van der Waals surface area contributed by atoms with Gasteiger partial charge in [0.1, 0.15) is 5.69 Å². The van der Waals surface area contributed by atoms with Crippen molar-refractivity contribution in [3.8, 4) is 0 Å². The molecule has 2 aromatic rings. The van der Waals surface area contributed by atoms with E-state index in [0.29, 0.717) is 23.6 Å². The van der Waals surface area contributed by atoms with Gasteiger partial charge in [0.25, 0.3) is 0 Å². The Bertz CT molecular complexity index is 860. The van der Waals surface area contributed by atoms with Gasteiger partial charge in [-0.05, 0) is 25.1 Å². The zero-order chi connectivity index (χ0) is 17.9. The molecule has 9 nitrogen and oxygen atoms in total. The maximum absolute atomic E-state index is 11.6. The molecular weight excluding hydrogens is 334 g/mol. The second kappa shape index (κ2) is 6.97. The number of hydrogen-bond donors (Lipinski definition) is 2. The van der Waals surface area contributed by atoms with Gasteiger partial charge >= 0.3 is 5.69 Å². The van der Waals surface area contributed by atoms with E-state index in [0.717, 1.165) is 5.56 Å². The molecule has 0 fully saturated rings. The first-order chi connectivity index (χ1) is 11.2. The summed E-state index contributed by atoms with van der Waals surface area (Å²) in [6.07, 6.45) is 0. The van der Waals surface area contributed by atoms with Crippen molar-refractivity contribution < 1.29 is 13.3 Å². The van der Waals surface area contributed by atoms with E-state index in [1.165, 1.54) is 11.7 Å². The molecular formula is C14H19N5O4S. The molecule has 2 rings (SSSR count). The van der Waals surface area contributed by atoms with Crippen LogP contribution in [0.4, 0.5) is 11.5 Å². The van der Waals surface area contributed by atoms with Gasteiger partial charge in [0.2, 0.25) is 15.8 Å². The lowest BCUT2D eigenvalue weighted by Crippen LogP contribution is -2.20. The van der Waals surface area contributed by atoms with Gasteiger partial charge in [-0.3, -0.25) is 10.1 Å². The van der Waals surface area contributed by atoms with Gasteiger partial charge in [-0.15, -0.1) is 0 Å². The van der Waals surface area contributed by atoms with Crippen molar-refractivity contribution in [3.05, 3.63) is 51.2 Å². The van der Waals surface area contributed by atoms with Crippen LogP contribution in [0, 0.1) is 17.0 Å². The Kier molecular flexibility index (Phi) is 5.20. The third-order valence-electron chi connectivity index (χ3n) is 3.49. The lowest BCUT2D eigenvalue weighted by Gasteiger charge is -2.08. The highest BCUT2D eigenvalue weighted by atomic mass is 32.2. The van der Waals surface area contributed by atoms with Gasteiger partial charge in [0, 0.05) is 13.6 Å². The van der Waals surface area contributed by atoms with Gasteiger partial charge < -0.3 is 5.32 Å². The van der Waals surface area contributed by atoms with Crippen LogP contribution >= 0.6 is 0 Å². The van der Waals surface area contributed by atoms with Crippen molar-refractivity contribution in [2.45, 2.75) is 19.2 Å². The number of nitrogens with zero attached hydrogens (tertiary/aromatic N) is 3. The molecule has 0 spiro atoms. The van der Waals surface area contributed by atoms with Crippen LogP contribution < -0.4 is 10.0 Å². The number of aromatic nitrogens is 2. The number of rotatable bonds is 7. The van der Waals surface area contributed by atoms with E-state index in [1.54, 1.807) is 32.2 Å². The van der Waals surface area contributed by atoms with Crippen molar-refractivity contribution >= 4 is 21.5 Å². The summed E-state index contributed by atoms with van der Waals surface area (Å²) >= 11 is 0. The summed E-state index contributed by atoms with van der Waals surface area (Å²) in [4.78, 5) is 10.7. The molecule has 0 aliphatic rings. The number of benzene rings is 1. The molecule has 0 unspecified atom stereocenters. The van der Waals surface area contributed by atoms with E-state index >= 15 is 0 Å². The Morgan fingerprint density at radius 2 is 2.00 bits per heavy atom. The summed E-state index contributed by atoms with van der Waals surface area (Å²) in [5.41, 5.74) is 1.72. The summed E-state index contributed by atoms with van der Waals surface area (Å²) in [6, 6.07) is 7.03. The van der Waals surface area contributed by atoms with Crippen LogP contribution in [0.2, 0.25) is 0 Å². The van der Waals surface area contributed by atoms with Crippen molar-refractivity contribution in [2.75, 3.05) is 12.4 Å². The van der Waals surface area contributed by atoms with Gasteiger partial charge in [0.15, 0.2) is 0 Å². The quantitative estimate of drug-likeness (QED) is 0.572. The lowest BCUT2D eigenvalue weighted by atomic mass is 10.1. The minimum atomic E-state index is -3.35. The van der Waals surface area contributed by atoms with Crippen LogP contribution in [0.5, 0.6) is 0 Å². The molecule has 0 saturated carbocycles. The highest BCUT2D eigenvalue weighted by Gasteiger charge is 2.23. The molecule has 24 heavy (non-hydrogen) atoms. The predicted octanol–water partition coefficient (Wildman–Crippen LogP) is 1.30. The van der Waals surface area contributed by atoms with Crippen LogP contribution in [0.1, 0.15) is 16.8 Å². The number of nitrogens with one attached hydrogen (secondary N) is 2. The molecule has 0 atom stereocenters. The first-order valence-corrected chi connectivity index (χ1v) is 8.79. The zero-order valence-corrected chi connectivity index (χ0v) is 14.4. The van der Waals surface area contributed by atoms with Gasteiger partial charge in [-0.1, -0.05) is 24.3 Å². The molecule has 2 N–H and O–H groups in total. The van der Waals surface area contributed by atoms with E-state index in [1.807, 2.05) is 6.07 Å². The van der Waals surface area contributed by atoms with E-state index in [2.05, 4.69) is 15.1 Å². The molecule has 130 valence electrons. The predicted molar refractivity (Wildman–Crippen MR) is 90.1 cm³/mol.